The van der Waals surface area contributed by atoms with E-state index >= 15 is 0 Å². The number of benzene rings is 1. The smallest absolute Gasteiger partial charge is 0.477 e. The van der Waals surface area contributed by atoms with Crippen LogP contribution in [0.25, 0.3) is 0 Å². The molecule has 10 nitrogen and oxygen atoms in total. The van der Waals surface area contributed by atoms with Crippen LogP contribution in [0.2, 0.25) is 0 Å². The van der Waals surface area contributed by atoms with E-state index in [1.165, 1.54) is 12.1 Å². The van der Waals surface area contributed by atoms with Gasteiger partial charge in [0.2, 0.25) is 0 Å². The van der Waals surface area contributed by atoms with Gasteiger partial charge in [0.1, 0.15) is 6.10 Å². The molecule has 0 bridgehead atoms. The zero-order valence-electron chi connectivity index (χ0n) is 26.5. The van der Waals surface area contributed by atoms with Crippen molar-refractivity contribution in [2.45, 2.75) is 131 Å². The first-order valence-corrected chi connectivity index (χ1v) is 15.1. The molecular formula is C32H49NO9. The molecular weight excluding hydrogens is 542 g/mol. The van der Waals surface area contributed by atoms with Gasteiger partial charge in [0.25, 0.3) is 5.72 Å². The lowest BCUT2D eigenvalue weighted by Gasteiger charge is -2.33. The summed E-state index contributed by atoms with van der Waals surface area (Å²) < 4.78 is 22.4. The molecule has 1 aliphatic carbocycles. The van der Waals surface area contributed by atoms with E-state index in [1.807, 2.05) is 20.8 Å². The summed E-state index contributed by atoms with van der Waals surface area (Å²) in [7, 11) is 0. The number of aliphatic carboxylic acids is 1. The third kappa shape index (κ3) is 9.44. The second kappa shape index (κ2) is 14.8. The van der Waals surface area contributed by atoms with Crippen molar-refractivity contribution in [2.24, 2.45) is 10.8 Å². The molecule has 2 rings (SSSR count). The highest BCUT2D eigenvalue weighted by atomic mass is 16.7. The second-order valence-corrected chi connectivity index (χ2v) is 12.5. The summed E-state index contributed by atoms with van der Waals surface area (Å²) in [5.74, 6) is -2.46. The number of nitrogens with one attached hydrogen (secondary N) is 1. The first-order chi connectivity index (χ1) is 19.6. The van der Waals surface area contributed by atoms with Gasteiger partial charge in [-0.3, -0.25) is 14.9 Å². The number of carbonyl (C=O) groups excluding carboxylic acids is 3. The Labute approximate surface area is 249 Å². The number of carbonyl (C=O) groups is 4. The molecule has 0 heterocycles. The van der Waals surface area contributed by atoms with Crippen molar-refractivity contribution in [2.75, 3.05) is 0 Å². The van der Waals surface area contributed by atoms with Gasteiger partial charge in [0.15, 0.2) is 11.5 Å². The van der Waals surface area contributed by atoms with E-state index in [2.05, 4.69) is 5.32 Å². The number of hydrogen-bond acceptors (Lipinski definition) is 9. The van der Waals surface area contributed by atoms with Crippen LogP contribution < -0.4 is 14.8 Å². The Hall–Kier alpha value is -3.14. The van der Waals surface area contributed by atoms with Gasteiger partial charge in [-0.1, -0.05) is 33.3 Å². The fourth-order valence-corrected chi connectivity index (χ4v) is 4.16. The van der Waals surface area contributed by atoms with Crippen molar-refractivity contribution in [3.8, 4) is 11.5 Å². The third-order valence-electron chi connectivity index (χ3n) is 8.25. The van der Waals surface area contributed by atoms with E-state index in [4.69, 9.17) is 18.9 Å². The van der Waals surface area contributed by atoms with Crippen LogP contribution in [-0.4, -0.2) is 47.0 Å². The lowest BCUT2D eigenvalue weighted by Crippen LogP contribution is -2.59. The summed E-state index contributed by atoms with van der Waals surface area (Å²) in [4.78, 5) is 51.5. The molecule has 1 aromatic rings. The van der Waals surface area contributed by atoms with E-state index in [9.17, 15) is 24.3 Å². The van der Waals surface area contributed by atoms with Crippen molar-refractivity contribution in [3.05, 3.63) is 23.8 Å². The topological polar surface area (TPSA) is 137 Å². The Morgan fingerprint density at radius 1 is 0.905 bits per heavy atom. The van der Waals surface area contributed by atoms with Crippen LogP contribution in [0.3, 0.4) is 0 Å². The van der Waals surface area contributed by atoms with Crippen molar-refractivity contribution in [3.63, 3.8) is 0 Å². The molecule has 0 aromatic heterocycles. The summed E-state index contributed by atoms with van der Waals surface area (Å²) in [6.07, 6.45) is 4.20. The number of carboxylic acid groups (broad SMARTS) is 1. The first kappa shape index (κ1) is 35.1. The molecule has 1 aliphatic rings. The van der Waals surface area contributed by atoms with Crippen LogP contribution in [-0.2, 0) is 30.3 Å². The zero-order chi connectivity index (χ0) is 31.7. The van der Waals surface area contributed by atoms with Gasteiger partial charge in [-0.15, -0.1) is 0 Å². The molecule has 236 valence electrons. The Balaban J connectivity index is 2.49. The second-order valence-electron chi connectivity index (χ2n) is 12.5. The maximum absolute atomic E-state index is 13.0. The van der Waals surface area contributed by atoms with Gasteiger partial charge >= 0.3 is 24.1 Å². The maximum atomic E-state index is 13.0. The summed E-state index contributed by atoms with van der Waals surface area (Å²) >= 11 is 0. The minimum Gasteiger partial charge on any atom is -0.477 e. The van der Waals surface area contributed by atoms with Gasteiger partial charge in [0.05, 0.1) is 10.8 Å². The van der Waals surface area contributed by atoms with E-state index in [-0.39, 0.29) is 30.1 Å². The molecule has 2 N–H and O–H groups in total. The molecule has 0 radical (unpaired) electrons. The summed E-state index contributed by atoms with van der Waals surface area (Å²) in [5, 5.41) is 13.3. The Morgan fingerprint density at radius 2 is 1.45 bits per heavy atom. The highest BCUT2D eigenvalue weighted by Gasteiger charge is 2.45. The molecule has 0 spiro atoms. The van der Waals surface area contributed by atoms with E-state index in [0.717, 1.165) is 19.3 Å². The molecule has 1 unspecified atom stereocenters. The van der Waals surface area contributed by atoms with Crippen molar-refractivity contribution >= 4 is 24.1 Å². The molecule has 1 aromatic carbocycles. The number of ether oxygens (including phenoxy) is 4. The van der Waals surface area contributed by atoms with E-state index in [0.29, 0.717) is 37.7 Å². The molecule has 42 heavy (non-hydrogen) atoms. The number of esters is 2. The minimum absolute atomic E-state index is 0.0268. The number of carboxylic acids is 1. The molecule has 10 heteroatoms. The van der Waals surface area contributed by atoms with Crippen LogP contribution in [0, 0.1) is 10.8 Å². The van der Waals surface area contributed by atoms with Gasteiger partial charge in [-0.25, -0.2) is 9.59 Å². The van der Waals surface area contributed by atoms with Crippen molar-refractivity contribution < 1.29 is 43.2 Å². The summed E-state index contributed by atoms with van der Waals surface area (Å²) in [5.41, 5.74) is -3.42. The van der Waals surface area contributed by atoms with Crippen molar-refractivity contribution in [1.82, 2.24) is 5.32 Å². The van der Waals surface area contributed by atoms with Gasteiger partial charge in [-0.2, -0.15) is 0 Å². The SMILES string of the molecule is CCC(C)N[C@@](Cc1ccc(OC(=O)C(C)(C)CC)c(OC(=O)C(C)(C)CC)c1)(OC(=O)OC1CCCCC1)C(=O)O. The summed E-state index contributed by atoms with van der Waals surface area (Å²) in [6, 6.07) is 4.12. The molecule has 1 fully saturated rings. The highest BCUT2D eigenvalue weighted by Crippen LogP contribution is 2.35. The minimum atomic E-state index is -2.17. The standard InChI is InChI=1S/C32H49NO9/c1-9-21(4)33-32(26(34)35,42-29(38)39-23-15-13-12-14-16-23)20-22-17-18-24(40-27(36)30(5,6)10-2)25(19-22)41-28(37)31(7,8)11-3/h17-19,21,23,33H,9-16,20H2,1-8H3,(H,34,35)/t21?,32-/m0/s1. The van der Waals surface area contributed by atoms with Crippen LogP contribution in [0.4, 0.5) is 4.79 Å². The molecule has 0 aliphatic heterocycles. The predicted molar refractivity (Wildman–Crippen MR) is 157 cm³/mol. The fourth-order valence-electron chi connectivity index (χ4n) is 4.16. The lowest BCUT2D eigenvalue weighted by atomic mass is 9.90. The molecule has 0 amide bonds. The average Bonchev–Trinajstić information content (AvgIpc) is 2.94. The number of hydrogen-bond donors (Lipinski definition) is 2. The van der Waals surface area contributed by atoms with Crippen molar-refractivity contribution in [1.29, 1.82) is 0 Å². The Kier molecular flexibility index (Phi) is 12.4. The monoisotopic (exact) mass is 591 g/mol. The largest absolute Gasteiger partial charge is 0.510 e. The normalized spacial score (nSPS) is 16.6. The van der Waals surface area contributed by atoms with Gasteiger partial charge in [0, 0.05) is 12.5 Å². The average molecular weight is 592 g/mol. The lowest BCUT2D eigenvalue weighted by molar-refractivity contribution is -0.168. The molecule has 1 saturated carbocycles. The molecule has 0 saturated heterocycles. The van der Waals surface area contributed by atoms with Crippen LogP contribution in [0.1, 0.15) is 112 Å². The number of rotatable bonds is 14. The Bertz CT molecular complexity index is 1110. The van der Waals surface area contributed by atoms with E-state index < -0.39 is 40.6 Å². The first-order valence-electron chi connectivity index (χ1n) is 15.1. The highest BCUT2D eigenvalue weighted by molar-refractivity contribution is 5.82. The van der Waals surface area contributed by atoms with Crippen LogP contribution in [0.5, 0.6) is 11.5 Å². The zero-order valence-corrected chi connectivity index (χ0v) is 26.5. The van der Waals surface area contributed by atoms with Gasteiger partial charge < -0.3 is 24.1 Å². The van der Waals surface area contributed by atoms with Crippen LogP contribution in [0.15, 0.2) is 18.2 Å². The summed E-state index contributed by atoms with van der Waals surface area (Å²) in [6.45, 7) is 14.4. The maximum Gasteiger partial charge on any atom is 0.510 e. The van der Waals surface area contributed by atoms with E-state index in [1.54, 1.807) is 40.7 Å². The third-order valence-corrected chi connectivity index (χ3v) is 8.25. The quantitative estimate of drug-likeness (QED) is 0.139. The molecule has 2 atom stereocenters. The van der Waals surface area contributed by atoms with Crippen LogP contribution >= 0.6 is 0 Å². The predicted octanol–water partition coefficient (Wildman–Crippen LogP) is 6.57. The fraction of sp³-hybridized carbons (Fsp3) is 0.688. The Morgan fingerprint density at radius 3 is 1.95 bits per heavy atom. The van der Waals surface area contributed by atoms with Gasteiger partial charge in [-0.05, 0) is 97.3 Å².